The van der Waals surface area contributed by atoms with Crippen LogP contribution in [-0.4, -0.2) is 36.2 Å². The fourth-order valence-corrected chi connectivity index (χ4v) is 3.04. The van der Waals surface area contributed by atoms with Gasteiger partial charge in [-0.2, -0.15) is 0 Å². The van der Waals surface area contributed by atoms with Crippen LogP contribution in [0, 0.1) is 0 Å². The van der Waals surface area contributed by atoms with Gasteiger partial charge in [-0.25, -0.2) is 0 Å². The third kappa shape index (κ3) is 3.29. The molecule has 1 aromatic carbocycles. The van der Waals surface area contributed by atoms with Gasteiger partial charge in [-0.15, -0.1) is 0 Å². The van der Waals surface area contributed by atoms with E-state index in [-0.39, 0.29) is 17.6 Å². The fraction of sp³-hybridized carbons (Fsp3) is 0.600. The average Bonchev–Trinajstić information content (AvgIpc) is 2.31. The zero-order chi connectivity index (χ0) is 14.0. The lowest BCUT2D eigenvalue weighted by Gasteiger charge is -2.48. The quantitative estimate of drug-likeness (QED) is 0.926. The highest BCUT2D eigenvalue weighted by molar-refractivity contribution is 6.30. The lowest BCUT2D eigenvalue weighted by atomic mass is 9.92. The molecule has 0 aromatic heterocycles. The molecule has 2 unspecified atom stereocenters. The van der Waals surface area contributed by atoms with Crippen molar-refractivity contribution in [2.45, 2.75) is 38.4 Å². The van der Waals surface area contributed by atoms with E-state index in [4.69, 9.17) is 22.1 Å². The number of nitrogens with zero attached hydrogens (tertiary/aromatic N) is 1. The second kappa shape index (κ2) is 5.80. The lowest BCUT2D eigenvalue weighted by molar-refractivity contribution is -0.0765. The Kier molecular flexibility index (Phi) is 4.51. The van der Waals surface area contributed by atoms with Crippen molar-refractivity contribution < 1.29 is 4.74 Å². The second-order valence-corrected chi connectivity index (χ2v) is 6.35. The monoisotopic (exact) mass is 282 g/mol. The fourth-order valence-electron chi connectivity index (χ4n) is 2.84. The summed E-state index contributed by atoms with van der Waals surface area (Å²) in [6.45, 7) is 8.84. The third-order valence-corrected chi connectivity index (χ3v) is 3.97. The molecule has 19 heavy (non-hydrogen) atoms. The smallest absolute Gasteiger partial charge is 0.0645 e. The van der Waals surface area contributed by atoms with Crippen molar-refractivity contribution in [3.63, 3.8) is 0 Å². The standard InChI is InChI=1S/C15H23ClN2O/c1-11(17)14(12-5-4-6-13(16)9-12)18-7-8-19-10-15(18,2)3/h4-6,9,11,14H,7-8,10,17H2,1-3H3. The van der Waals surface area contributed by atoms with Crippen LogP contribution >= 0.6 is 11.6 Å². The molecule has 0 aliphatic carbocycles. The number of rotatable bonds is 3. The molecule has 0 radical (unpaired) electrons. The van der Waals surface area contributed by atoms with Crippen LogP contribution in [-0.2, 0) is 4.74 Å². The SMILES string of the molecule is CC(N)C(c1cccc(Cl)c1)N1CCOCC1(C)C. The Morgan fingerprint density at radius 2 is 2.16 bits per heavy atom. The molecule has 1 aliphatic heterocycles. The number of hydrogen-bond acceptors (Lipinski definition) is 3. The lowest BCUT2D eigenvalue weighted by Crippen LogP contribution is -2.57. The molecule has 1 heterocycles. The Bertz CT molecular complexity index is 434. The first-order valence-corrected chi connectivity index (χ1v) is 7.15. The topological polar surface area (TPSA) is 38.5 Å². The zero-order valence-corrected chi connectivity index (χ0v) is 12.7. The van der Waals surface area contributed by atoms with Crippen molar-refractivity contribution in [3.8, 4) is 0 Å². The Hall–Kier alpha value is -0.610. The number of ether oxygens (including phenoxy) is 1. The van der Waals surface area contributed by atoms with Crippen LogP contribution in [0.3, 0.4) is 0 Å². The van der Waals surface area contributed by atoms with Gasteiger partial charge >= 0.3 is 0 Å². The summed E-state index contributed by atoms with van der Waals surface area (Å²) >= 11 is 6.12. The van der Waals surface area contributed by atoms with Gasteiger partial charge in [0.05, 0.1) is 19.3 Å². The molecule has 1 saturated heterocycles. The Labute approximate surface area is 120 Å². The summed E-state index contributed by atoms with van der Waals surface area (Å²) in [6, 6.07) is 8.20. The molecule has 4 heteroatoms. The van der Waals surface area contributed by atoms with E-state index in [9.17, 15) is 0 Å². The first-order chi connectivity index (χ1) is 8.92. The molecule has 0 saturated carbocycles. The van der Waals surface area contributed by atoms with E-state index < -0.39 is 0 Å². The third-order valence-electron chi connectivity index (χ3n) is 3.73. The summed E-state index contributed by atoms with van der Waals surface area (Å²) in [5.41, 5.74) is 7.41. The van der Waals surface area contributed by atoms with Gasteiger partial charge in [0, 0.05) is 23.1 Å². The maximum atomic E-state index is 6.25. The van der Waals surface area contributed by atoms with Gasteiger partial charge < -0.3 is 10.5 Å². The second-order valence-electron chi connectivity index (χ2n) is 5.92. The van der Waals surface area contributed by atoms with Crippen LogP contribution in [0.25, 0.3) is 0 Å². The van der Waals surface area contributed by atoms with Crippen LogP contribution in [0.15, 0.2) is 24.3 Å². The van der Waals surface area contributed by atoms with E-state index >= 15 is 0 Å². The van der Waals surface area contributed by atoms with E-state index in [1.54, 1.807) is 0 Å². The maximum Gasteiger partial charge on any atom is 0.0645 e. The van der Waals surface area contributed by atoms with E-state index in [1.807, 2.05) is 18.2 Å². The van der Waals surface area contributed by atoms with Gasteiger partial charge in [-0.1, -0.05) is 23.7 Å². The van der Waals surface area contributed by atoms with Crippen molar-refractivity contribution in [1.82, 2.24) is 4.90 Å². The zero-order valence-electron chi connectivity index (χ0n) is 11.9. The maximum absolute atomic E-state index is 6.25. The number of benzene rings is 1. The highest BCUT2D eigenvalue weighted by Crippen LogP contribution is 2.33. The summed E-state index contributed by atoms with van der Waals surface area (Å²) in [7, 11) is 0. The van der Waals surface area contributed by atoms with Crippen LogP contribution in [0.4, 0.5) is 0 Å². The van der Waals surface area contributed by atoms with Gasteiger partial charge in [0.1, 0.15) is 0 Å². The summed E-state index contributed by atoms with van der Waals surface area (Å²) < 4.78 is 5.60. The minimum Gasteiger partial charge on any atom is -0.378 e. The molecule has 2 atom stereocenters. The van der Waals surface area contributed by atoms with E-state index in [0.717, 1.165) is 24.8 Å². The first-order valence-electron chi connectivity index (χ1n) is 6.77. The molecule has 1 aliphatic rings. The van der Waals surface area contributed by atoms with Crippen molar-refractivity contribution >= 4 is 11.6 Å². The van der Waals surface area contributed by atoms with Crippen molar-refractivity contribution in [2.24, 2.45) is 5.73 Å². The van der Waals surface area contributed by atoms with Crippen LogP contribution < -0.4 is 5.73 Å². The van der Waals surface area contributed by atoms with E-state index in [2.05, 4.69) is 31.7 Å². The molecule has 0 bridgehead atoms. The van der Waals surface area contributed by atoms with Crippen LogP contribution in [0.5, 0.6) is 0 Å². The van der Waals surface area contributed by atoms with E-state index in [1.165, 1.54) is 5.56 Å². The molecule has 2 N–H and O–H groups in total. The highest BCUT2D eigenvalue weighted by Gasteiger charge is 2.37. The number of halogens is 1. The minimum absolute atomic E-state index is 0.0150. The Balaban J connectivity index is 2.34. The molecule has 1 fully saturated rings. The van der Waals surface area contributed by atoms with Gasteiger partial charge in [0.15, 0.2) is 0 Å². The minimum atomic E-state index is -0.0150. The molecule has 0 spiro atoms. The number of morpholine rings is 1. The first kappa shape index (κ1) is 14.8. The highest BCUT2D eigenvalue weighted by atomic mass is 35.5. The van der Waals surface area contributed by atoms with Crippen molar-refractivity contribution in [2.75, 3.05) is 19.8 Å². The van der Waals surface area contributed by atoms with Gasteiger partial charge in [0.25, 0.3) is 0 Å². The Morgan fingerprint density at radius 1 is 1.42 bits per heavy atom. The van der Waals surface area contributed by atoms with Gasteiger partial charge in [0.2, 0.25) is 0 Å². The molecule has 106 valence electrons. The summed E-state index contributed by atoms with van der Waals surface area (Å²) in [5.74, 6) is 0. The summed E-state index contributed by atoms with van der Waals surface area (Å²) in [6.07, 6.45) is 0. The Morgan fingerprint density at radius 3 is 2.74 bits per heavy atom. The summed E-state index contributed by atoms with van der Waals surface area (Å²) in [4.78, 5) is 2.44. The van der Waals surface area contributed by atoms with Gasteiger partial charge in [-0.3, -0.25) is 4.90 Å². The summed E-state index contributed by atoms with van der Waals surface area (Å²) in [5, 5.41) is 0.759. The predicted octanol–water partition coefficient (Wildman–Crippen LogP) is 2.84. The molecular weight excluding hydrogens is 260 g/mol. The molecule has 0 amide bonds. The predicted molar refractivity (Wildman–Crippen MR) is 79.4 cm³/mol. The van der Waals surface area contributed by atoms with Crippen LogP contribution in [0.2, 0.25) is 5.02 Å². The number of hydrogen-bond donors (Lipinski definition) is 1. The van der Waals surface area contributed by atoms with Gasteiger partial charge in [-0.05, 0) is 38.5 Å². The largest absolute Gasteiger partial charge is 0.378 e. The molecular formula is C15H23ClN2O. The number of nitrogens with two attached hydrogens (primary N) is 1. The van der Waals surface area contributed by atoms with Crippen molar-refractivity contribution in [3.05, 3.63) is 34.9 Å². The molecule has 1 aromatic rings. The normalized spacial score (nSPS) is 23.0. The van der Waals surface area contributed by atoms with E-state index in [0.29, 0.717) is 0 Å². The van der Waals surface area contributed by atoms with Crippen LogP contribution in [0.1, 0.15) is 32.4 Å². The average molecular weight is 283 g/mol. The molecule has 3 nitrogen and oxygen atoms in total. The molecule has 2 rings (SSSR count). The van der Waals surface area contributed by atoms with Crippen molar-refractivity contribution in [1.29, 1.82) is 0 Å².